The highest BCUT2D eigenvalue weighted by Gasteiger charge is 1.73. The van der Waals surface area contributed by atoms with Crippen molar-refractivity contribution in [1.82, 2.24) is 0 Å². The highest BCUT2D eigenvalue weighted by atomic mass is 14.7. The highest BCUT2D eigenvalue weighted by Crippen LogP contribution is 1.74. The minimum absolute atomic E-state index is 0.725. The average Bonchev–Trinajstić information content (AvgIpc) is 1.83. The van der Waals surface area contributed by atoms with E-state index in [1.54, 1.807) is 13.1 Å². The summed E-state index contributed by atoms with van der Waals surface area (Å²) in [4.78, 5) is 3.85. The molecule has 0 aliphatic carbocycles. The van der Waals surface area contributed by atoms with Gasteiger partial charge in [-0.2, -0.15) is 0 Å². The van der Waals surface area contributed by atoms with Crippen LogP contribution in [0.4, 0.5) is 0 Å². The Bertz CT molecular complexity index is 122. The van der Waals surface area contributed by atoms with Crippen LogP contribution in [0.2, 0.25) is 0 Å². The van der Waals surface area contributed by atoms with E-state index in [1.807, 2.05) is 13.0 Å². The molecule has 0 atom stereocenters. The van der Waals surface area contributed by atoms with Crippen LogP contribution in [0.3, 0.4) is 0 Å². The third-order valence-corrected chi connectivity index (χ3v) is 0.636. The molecule has 8 heavy (non-hydrogen) atoms. The molecule has 0 rings (SSSR count). The van der Waals surface area contributed by atoms with E-state index in [2.05, 4.69) is 4.99 Å². The topological polar surface area (TPSA) is 36.2 Å². The first-order valence-electron chi connectivity index (χ1n) is 2.47. The Morgan fingerprint density at radius 2 is 2.25 bits per heavy atom. The number of allylic oxidation sites excluding steroid dienone is 1. The molecule has 0 bridgehead atoms. The van der Waals surface area contributed by atoms with Gasteiger partial charge < -0.3 is 5.41 Å². The molecular formula is C6H10N2. The first-order chi connectivity index (χ1) is 3.81. The van der Waals surface area contributed by atoms with Crippen LogP contribution < -0.4 is 0 Å². The number of nitrogens with zero attached hydrogens (tertiary/aromatic N) is 1. The van der Waals surface area contributed by atoms with E-state index in [0.29, 0.717) is 0 Å². The van der Waals surface area contributed by atoms with Gasteiger partial charge in [0.15, 0.2) is 0 Å². The molecule has 1 N–H and O–H groups in total. The lowest BCUT2D eigenvalue weighted by Crippen LogP contribution is -1.87. The van der Waals surface area contributed by atoms with Crippen LogP contribution in [-0.4, -0.2) is 11.9 Å². The van der Waals surface area contributed by atoms with Gasteiger partial charge in [-0.25, -0.2) is 0 Å². The van der Waals surface area contributed by atoms with Crippen LogP contribution in [0.25, 0.3) is 0 Å². The Balaban J connectivity index is 3.74. The Morgan fingerprint density at radius 1 is 1.62 bits per heavy atom. The van der Waals surface area contributed by atoms with Crippen molar-refractivity contribution in [1.29, 1.82) is 5.41 Å². The van der Waals surface area contributed by atoms with Gasteiger partial charge in [-0.1, -0.05) is 6.08 Å². The van der Waals surface area contributed by atoms with Crippen molar-refractivity contribution in [3.8, 4) is 0 Å². The molecule has 0 unspecified atom stereocenters. The standard InChI is InChI=1S/C6H10N2/c1-3-4-8-6(2)5-7/h3-5,7H,1-2H3/b4-3-,7-5?,8-6?. The molecule has 44 valence electrons. The van der Waals surface area contributed by atoms with Gasteiger partial charge in [0.05, 0.1) is 5.71 Å². The van der Waals surface area contributed by atoms with Gasteiger partial charge in [-0.05, 0) is 13.8 Å². The number of rotatable bonds is 2. The van der Waals surface area contributed by atoms with Crippen molar-refractivity contribution in [2.24, 2.45) is 4.99 Å². The minimum Gasteiger partial charge on any atom is -0.307 e. The summed E-state index contributed by atoms with van der Waals surface area (Å²) in [5.74, 6) is 0. The molecule has 0 heterocycles. The Hall–Kier alpha value is -0.920. The van der Waals surface area contributed by atoms with E-state index in [4.69, 9.17) is 5.41 Å². The second kappa shape index (κ2) is 4.24. The quantitative estimate of drug-likeness (QED) is 0.524. The fourth-order valence-electron chi connectivity index (χ4n) is 0.229. The summed E-state index contributed by atoms with van der Waals surface area (Å²) in [5.41, 5.74) is 0.725. The molecule has 0 amide bonds. The van der Waals surface area contributed by atoms with E-state index >= 15 is 0 Å². The van der Waals surface area contributed by atoms with Crippen LogP contribution in [0.5, 0.6) is 0 Å². The van der Waals surface area contributed by atoms with E-state index in [-0.39, 0.29) is 0 Å². The summed E-state index contributed by atoms with van der Waals surface area (Å²) in [7, 11) is 0. The molecule has 0 aromatic heterocycles. The van der Waals surface area contributed by atoms with E-state index in [9.17, 15) is 0 Å². The summed E-state index contributed by atoms with van der Waals surface area (Å²) < 4.78 is 0. The molecule has 0 radical (unpaired) electrons. The monoisotopic (exact) mass is 110 g/mol. The van der Waals surface area contributed by atoms with Crippen LogP contribution >= 0.6 is 0 Å². The lowest BCUT2D eigenvalue weighted by Gasteiger charge is -1.79. The van der Waals surface area contributed by atoms with E-state index < -0.39 is 0 Å². The number of hydrogen-bond acceptors (Lipinski definition) is 2. The second-order valence-corrected chi connectivity index (χ2v) is 1.40. The number of aliphatic imine (C=N–C) groups is 1. The van der Waals surface area contributed by atoms with Gasteiger partial charge in [-0.3, -0.25) is 4.99 Å². The third-order valence-electron chi connectivity index (χ3n) is 0.636. The summed E-state index contributed by atoms with van der Waals surface area (Å²) in [6, 6.07) is 0. The molecule has 2 heteroatoms. The van der Waals surface area contributed by atoms with Gasteiger partial charge in [0.25, 0.3) is 0 Å². The Kier molecular flexibility index (Phi) is 3.76. The zero-order chi connectivity index (χ0) is 6.41. The third kappa shape index (κ3) is 3.28. The SMILES string of the molecule is C/C=C\N=C(C)C=N. The zero-order valence-corrected chi connectivity index (χ0v) is 5.18. The van der Waals surface area contributed by atoms with E-state index in [0.717, 1.165) is 5.71 Å². The van der Waals surface area contributed by atoms with Crippen molar-refractivity contribution in [2.75, 3.05) is 0 Å². The maximum Gasteiger partial charge on any atom is 0.0547 e. The molecule has 0 saturated heterocycles. The predicted molar refractivity (Wildman–Crippen MR) is 36.7 cm³/mol. The van der Waals surface area contributed by atoms with Crippen LogP contribution in [-0.2, 0) is 0 Å². The normalized spacial score (nSPS) is 12.5. The number of hydrogen-bond donors (Lipinski definition) is 1. The van der Waals surface area contributed by atoms with Crippen LogP contribution in [0.15, 0.2) is 17.3 Å². The molecule has 0 aliphatic rings. The molecule has 0 saturated carbocycles. The summed E-state index contributed by atoms with van der Waals surface area (Å²) in [6.07, 6.45) is 4.72. The molecule has 0 aromatic carbocycles. The molecule has 0 spiro atoms. The fraction of sp³-hybridized carbons (Fsp3) is 0.333. The summed E-state index contributed by atoms with van der Waals surface area (Å²) >= 11 is 0. The molecular weight excluding hydrogens is 100 g/mol. The van der Waals surface area contributed by atoms with Crippen molar-refractivity contribution in [3.05, 3.63) is 12.3 Å². The van der Waals surface area contributed by atoms with Gasteiger partial charge in [0, 0.05) is 12.4 Å². The largest absolute Gasteiger partial charge is 0.307 e. The average molecular weight is 110 g/mol. The predicted octanol–water partition coefficient (Wildman–Crippen LogP) is 1.63. The fourth-order valence-corrected chi connectivity index (χ4v) is 0.229. The molecule has 0 fully saturated rings. The lowest BCUT2D eigenvalue weighted by molar-refractivity contribution is 1.50. The maximum atomic E-state index is 6.70. The molecule has 2 nitrogen and oxygen atoms in total. The first kappa shape index (κ1) is 7.08. The maximum absolute atomic E-state index is 6.70. The minimum atomic E-state index is 0.725. The van der Waals surface area contributed by atoms with Crippen molar-refractivity contribution in [2.45, 2.75) is 13.8 Å². The summed E-state index contributed by atoms with van der Waals surface area (Å²) in [5, 5.41) is 6.70. The van der Waals surface area contributed by atoms with Crippen LogP contribution in [0.1, 0.15) is 13.8 Å². The second-order valence-electron chi connectivity index (χ2n) is 1.40. The first-order valence-corrected chi connectivity index (χ1v) is 2.47. The van der Waals surface area contributed by atoms with Crippen LogP contribution in [0, 0.1) is 5.41 Å². The molecule has 0 aliphatic heterocycles. The van der Waals surface area contributed by atoms with Gasteiger partial charge in [0.2, 0.25) is 0 Å². The van der Waals surface area contributed by atoms with Gasteiger partial charge >= 0.3 is 0 Å². The lowest BCUT2D eigenvalue weighted by atomic mass is 10.5. The summed E-state index contributed by atoms with van der Waals surface area (Å²) in [6.45, 7) is 3.67. The van der Waals surface area contributed by atoms with Gasteiger partial charge in [0.1, 0.15) is 0 Å². The van der Waals surface area contributed by atoms with E-state index in [1.165, 1.54) is 6.21 Å². The Morgan fingerprint density at radius 3 is 2.62 bits per heavy atom. The number of nitrogens with one attached hydrogen (secondary N) is 1. The molecule has 0 aromatic rings. The van der Waals surface area contributed by atoms with Gasteiger partial charge in [-0.15, -0.1) is 0 Å². The zero-order valence-electron chi connectivity index (χ0n) is 5.18. The highest BCUT2D eigenvalue weighted by molar-refractivity contribution is 6.28. The van der Waals surface area contributed by atoms with Crippen molar-refractivity contribution < 1.29 is 0 Å². The smallest absolute Gasteiger partial charge is 0.0547 e. The Labute approximate surface area is 49.5 Å². The van der Waals surface area contributed by atoms with Crippen molar-refractivity contribution >= 4 is 11.9 Å². The van der Waals surface area contributed by atoms with Crippen molar-refractivity contribution in [3.63, 3.8) is 0 Å².